The summed E-state index contributed by atoms with van der Waals surface area (Å²) in [4.78, 5) is 16.6. The SMILES string of the molecule is CCOC(=O)c1c(-c2ccccc2)oc2ccc(Oc3c([NH+]([O-])O)ncn3C)cc12. The minimum absolute atomic E-state index is 0.0753. The molecule has 0 bridgehead atoms. The van der Waals surface area contributed by atoms with Crippen LogP contribution >= 0.6 is 0 Å². The predicted octanol–water partition coefficient (Wildman–Crippen LogP) is 3.21. The molecule has 1 atom stereocenters. The van der Waals surface area contributed by atoms with Crippen LogP contribution in [-0.2, 0) is 11.8 Å². The van der Waals surface area contributed by atoms with Crippen molar-refractivity contribution in [2.45, 2.75) is 6.92 Å². The quantitative estimate of drug-likeness (QED) is 0.371. The van der Waals surface area contributed by atoms with Crippen LogP contribution in [0, 0.1) is 5.21 Å². The highest BCUT2D eigenvalue weighted by molar-refractivity contribution is 6.09. The molecule has 0 aliphatic heterocycles. The predicted molar refractivity (Wildman–Crippen MR) is 107 cm³/mol. The summed E-state index contributed by atoms with van der Waals surface area (Å²) in [5.74, 6) is 0.0817. The second-order valence-electron chi connectivity index (χ2n) is 6.47. The minimum Gasteiger partial charge on any atom is -0.593 e. The molecule has 0 aliphatic rings. The molecule has 0 spiro atoms. The summed E-state index contributed by atoms with van der Waals surface area (Å²) in [6.45, 7) is 1.94. The number of ether oxygens (including phenoxy) is 2. The van der Waals surface area contributed by atoms with Crippen molar-refractivity contribution in [3.63, 3.8) is 0 Å². The molecule has 2 N–H and O–H groups in total. The molecule has 0 saturated heterocycles. The van der Waals surface area contributed by atoms with Crippen molar-refractivity contribution in [3.8, 4) is 23.0 Å². The summed E-state index contributed by atoms with van der Waals surface area (Å²) in [5, 5.41) is 20.0. The topological polar surface area (TPSA) is 114 Å². The first-order chi connectivity index (χ1) is 14.5. The van der Waals surface area contributed by atoms with Crippen LogP contribution in [0.25, 0.3) is 22.3 Å². The van der Waals surface area contributed by atoms with Gasteiger partial charge < -0.3 is 19.1 Å². The van der Waals surface area contributed by atoms with E-state index < -0.39 is 11.2 Å². The molecule has 2 aromatic heterocycles. The van der Waals surface area contributed by atoms with Gasteiger partial charge >= 0.3 is 11.8 Å². The molecule has 0 aliphatic carbocycles. The highest BCUT2D eigenvalue weighted by Crippen LogP contribution is 2.37. The number of hydrogen-bond donors (Lipinski definition) is 2. The van der Waals surface area contributed by atoms with Crippen LogP contribution < -0.4 is 9.96 Å². The third kappa shape index (κ3) is 3.52. The molecule has 2 heterocycles. The lowest BCUT2D eigenvalue weighted by Crippen LogP contribution is -2.99. The van der Waals surface area contributed by atoms with Crippen LogP contribution in [-0.4, -0.2) is 27.3 Å². The van der Waals surface area contributed by atoms with Gasteiger partial charge in [-0.15, -0.1) is 0 Å². The van der Waals surface area contributed by atoms with E-state index in [9.17, 15) is 15.2 Å². The summed E-state index contributed by atoms with van der Waals surface area (Å²) in [6.07, 6.45) is 1.35. The Hall–Kier alpha value is -3.66. The monoisotopic (exact) mass is 409 g/mol. The Kier molecular flexibility index (Phi) is 5.23. The second-order valence-corrected chi connectivity index (χ2v) is 6.47. The molecule has 0 radical (unpaired) electrons. The zero-order valence-corrected chi connectivity index (χ0v) is 16.3. The zero-order chi connectivity index (χ0) is 21.3. The Labute approximate surface area is 171 Å². The van der Waals surface area contributed by atoms with Gasteiger partial charge in [0.1, 0.15) is 29.0 Å². The Morgan fingerprint density at radius 2 is 2.03 bits per heavy atom. The van der Waals surface area contributed by atoms with Crippen molar-refractivity contribution < 1.29 is 29.1 Å². The Balaban J connectivity index is 1.83. The summed E-state index contributed by atoms with van der Waals surface area (Å²) in [5.41, 5.74) is 1.50. The van der Waals surface area contributed by atoms with Crippen molar-refractivity contribution in [3.05, 3.63) is 65.6 Å². The number of furan rings is 1. The van der Waals surface area contributed by atoms with Gasteiger partial charge in [0.15, 0.2) is 0 Å². The van der Waals surface area contributed by atoms with Gasteiger partial charge in [0.25, 0.3) is 5.88 Å². The summed E-state index contributed by atoms with van der Waals surface area (Å²) in [6, 6.07) is 14.2. The number of esters is 1. The fourth-order valence-electron chi connectivity index (χ4n) is 3.14. The lowest BCUT2D eigenvalue weighted by Gasteiger charge is -2.12. The number of rotatable bonds is 6. The Bertz CT molecular complexity index is 1200. The van der Waals surface area contributed by atoms with Gasteiger partial charge in [-0.25, -0.2) is 10.0 Å². The summed E-state index contributed by atoms with van der Waals surface area (Å²) < 4.78 is 18.4. The standard InChI is InChI=1S/C21H19N3O6/c1-3-28-21(25)17-15-11-14(29-20-19(24(26)27)22-12-23(20)2)9-10-16(15)30-18(17)13-7-5-4-6-8-13/h4-12,24,26H,3H2,1-2H3. The minimum atomic E-state index is -1.20. The molecule has 0 fully saturated rings. The third-order valence-corrected chi connectivity index (χ3v) is 4.48. The number of imidazole rings is 1. The number of carbonyl (C=O) groups is 1. The van der Waals surface area contributed by atoms with Gasteiger partial charge in [0, 0.05) is 18.0 Å². The van der Waals surface area contributed by atoms with E-state index in [-0.39, 0.29) is 23.9 Å². The molecular weight excluding hydrogens is 390 g/mol. The van der Waals surface area contributed by atoms with Gasteiger partial charge in [-0.3, -0.25) is 4.57 Å². The smallest absolute Gasteiger partial charge is 0.342 e. The van der Waals surface area contributed by atoms with Crippen LogP contribution in [0.1, 0.15) is 17.3 Å². The van der Waals surface area contributed by atoms with E-state index in [1.54, 1.807) is 32.2 Å². The Morgan fingerprint density at radius 3 is 2.73 bits per heavy atom. The first-order valence-corrected chi connectivity index (χ1v) is 9.21. The molecule has 1 unspecified atom stereocenters. The first kappa shape index (κ1) is 19.6. The molecule has 0 amide bonds. The molecule has 2 aromatic carbocycles. The zero-order valence-electron chi connectivity index (χ0n) is 16.3. The first-order valence-electron chi connectivity index (χ1n) is 9.21. The molecule has 4 aromatic rings. The lowest BCUT2D eigenvalue weighted by molar-refractivity contribution is -0.993. The highest BCUT2D eigenvalue weighted by Gasteiger charge is 2.24. The van der Waals surface area contributed by atoms with Crippen LogP contribution in [0.15, 0.2) is 59.3 Å². The number of benzene rings is 2. The van der Waals surface area contributed by atoms with Crippen LogP contribution in [0.2, 0.25) is 0 Å². The lowest BCUT2D eigenvalue weighted by atomic mass is 10.1. The second kappa shape index (κ2) is 7.99. The van der Waals surface area contributed by atoms with Gasteiger partial charge in [0.2, 0.25) is 0 Å². The number of aryl methyl sites for hydroxylation is 1. The largest absolute Gasteiger partial charge is 0.593 e. The van der Waals surface area contributed by atoms with Crippen molar-refractivity contribution >= 4 is 22.8 Å². The maximum absolute atomic E-state index is 12.7. The average Bonchev–Trinajstić information content (AvgIpc) is 3.29. The molecule has 9 nitrogen and oxygen atoms in total. The van der Waals surface area contributed by atoms with E-state index in [0.29, 0.717) is 22.5 Å². The number of nitrogens with one attached hydrogen (secondary N) is 1. The molecular formula is C21H19N3O6. The summed E-state index contributed by atoms with van der Waals surface area (Å²) >= 11 is 0. The normalized spacial score (nSPS) is 12.1. The number of aromatic nitrogens is 2. The molecule has 30 heavy (non-hydrogen) atoms. The molecule has 0 saturated carbocycles. The van der Waals surface area contributed by atoms with Gasteiger partial charge in [0.05, 0.1) is 6.61 Å². The van der Waals surface area contributed by atoms with Gasteiger partial charge in [-0.05, 0) is 25.1 Å². The van der Waals surface area contributed by atoms with Crippen LogP contribution in [0.4, 0.5) is 5.82 Å². The number of hydrogen-bond acceptors (Lipinski definition) is 7. The van der Waals surface area contributed by atoms with Crippen molar-refractivity contribution in [2.24, 2.45) is 7.05 Å². The van der Waals surface area contributed by atoms with E-state index >= 15 is 0 Å². The van der Waals surface area contributed by atoms with E-state index in [1.807, 2.05) is 30.3 Å². The van der Waals surface area contributed by atoms with Gasteiger partial charge in [-0.2, -0.15) is 10.2 Å². The van der Waals surface area contributed by atoms with Crippen LogP contribution in [0.5, 0.6) is 11.6 Å². The molecule has 4 rings (SSSR count). The summed E-state index contributed by atoms with van der Waals surface area (Å²) in [7, 11) is 1.63. The Morgan fingerprint density at radius 1 is 1.27 bits per heavy atom. The van der Waals surface area contributed by atoms with Gasteiger partial charge in [-0.1, -0.05) is 30.3 Å². The van der Waals surface area contributed by atoms with Crippen molar-refractivity contribution in [1.29, 1.82) is 0 Å². The van der Waals surface area contributed by atoms with Crippen molar-refractivity contribution in [1.82, 2.24) is 9.55 Å². The number of carbonyl (C=O) groups excluding carboxylic acids is 1. The highest BCUT2D eigenvalue weighted by atomic mass is 16.8. The van der Waals surface area contributed by atoms with E-state index in [1.165, 1.54) is 10.9 Å². The maximum atomic E-state index is 12.7. The third-order valence-electron chi connectivity index (χ3n) is 4.48. The fourth-order valence-corrected chi connectivity index (χ4v) is 3.14. The van der Waals surface area contributed by atoms with E-state index in [4.69, 9.17) is 13.9 Å². The fraction of sp³-hybridized carbons (Fsp3) is 0.143. The van der Waals surface area contributed by atoms with E-state index in [2.05, 4.69) is 4.98 Å². The molecule has 9 heteroatoms. The number of quaternary nitrogens is 1. The maximum Gasteiger partial charge on any atom is 0.342 e. The van der Waals surface area contributed by atoms with Crippen molar-refractivity contribution in [2.75, 3.05) is 6.61 Å². The number of nitrogens with zero attached hydrogens (tertiary/aromatic N) is 2. The van der Waals surface area contributed by atoms with Crippen LogP contribution in [0.3, 0.4) is 0 Å². The number of fused-ring (bicyclic) bond motifs is 1. The average molecular weight is 409 g/mol. The van der Waals surface area contributed by atoms with E-state index in [0.717, 1.165) is 5.56 Å². The molecule has 154 valence electrons.